The SMILES string of the molecule is CCN(CC1CCOC1)S(=O)(=O)c1cc(N)ccc1Br. The summed E-state index contributed by atoms with van der Waals surface area (Å²) < 4.78 is 32.8. The Kier molecular flexibility index (Phi) is 5.06. The summed E-state index contributed by atoms with van der Waals surface area (Å²) in [5.74, 6) is 0.268. The lowest BCUT2D eigenvalue weighted by atomic mass is 10.1. The van der Waals surface area contributed by atoms with Gasteiger partial charge in [-0.1, -0.05) is 6.92 Å². The molecule has 0 bridgehead atoms. The Morgan fingerprint density at radius 1 is 1.50 bits per heavy atom. The van der Waals surface area contributed by atoms with Gasteiger partial charge in [0.15, 0.2) is 0 Å². The Balaban J connectivity index is 2.28. The van der Waals surface area contributed by atoms with Gasteiger partial charge in [0.1, 0.15) is 0 Å². The molecule has 0 aromatic heterocycles. The molecule has 5 nitrogen and oxygen atoms in total. The minimum Gasteiger partial charge on any atom is -0.399 e. The molecule has 1 saturated heterocycles. The van der Waals surface area contributed by atoms with Gasteiger partial charge in [-0.2, -0.15) is 4.31 Å². The maximum absolute atomic E-state index is 12.7. The maximum atomic E-state index is 12.7. The first-order valence-corrected chi connectivity index (χ1v) is 8.81. The molecule has 0 spiro atoms. The summed E-state index contributed by atoms with van der Waals surface area (Å²) in [6, 6.07) is 4.83. The van der Waals surface area contributed by atoms with Crippen LogP contribution in [0.25, 0.3) is 0 Å². The highest BCUT2D eigenvalue weighted by Crippen LogP contribution is 2.28. The van der Waals surface area contributed by atoms with E-state index in [4.69, 9.17) is 10.5 Å². The number of ether oxygens (including phenoxy) is 1. The van der Waals surface area contributed by atoms with E-state index in [9.17, 15) is 8.42 Å². The van der Waals surface area contributed by atoms with Gasteiger partial charge >= 0.3 is 0 Å². The average molecular weight is 363 g/mol. The Morgan fingerprint density at radius 2 is 2.25 bits per heavy atom. The largest absolute Gasteiger partial charge is 0.399 e. The number of rotatable bonds is 5. The van der Waals surface area contributed by atoms with Gasteiger partial charge in [-0.15, -0.1) is 0 Å². The number of sulfonamides is 1. The molecule has 1 heterocycles. The second-order valence-corrected chi connectivity index (χ2v) is 7.64. The molecule has 7 heteroatoms. The van der Waals surface area contributed by atoms with Gasteiger partial charge in [-0.3, -0.25) is 0 Å². The van der Waals surface area contributed by atoms with E-state index in [1.54, 1.807) is 12.1 Å². The molecular weight excluding hydrogens is 344 g/mol. The first-order chi connectivity index (χ1) is 9.45. The molecule has 1 aliphatic rings. The van der Waals surface area contributed by atoms with Gasteiger partial charge in [0.25, 0.3) is 0 Å². The zero-order valence-corrected chi connectivity index (χ0v) is 13.8. The summed E-state index contributed by atoms with van der Waals surface area (Å²) in [6.45, 7) is 4.10. The highest BCUT2D eigenvalue weighted by atomic mass is 79.9. The van der Waals surface area contributed by atoms with Crippen LogP contribution < -0.4 is 5.73 Å². The minimum absolute atomic E-state index is 0.221. The fourth-order valence-electron chi connectivity index (χ4n) is 2.27. The summed E-state index contributed by atoms with van der Waals surface area (Å²) in [4.78, 5) is 0.221. The van der Waals surface area contributed by atoms with Crippen LogP contribution in [0.4, 0.5) is 5.69 Å². The van der Waals surface area contributed by atoms with Gasteiger partial charge in [-0.25, -0.2) is 8.42 Å². The van der Waals surface area contributed by atoms with E-state index >= 15 is 0 Å². The predicted molar refractivity (Wildman–Crippen MR) is 81.9 cm³/mol. The lowest BCUT2D eigenvalue weighted by Gasteiger charge is -2.23. The molecule has 20 heavy (non-hydrogen) atoms. The Morgan fingerprint density at radius 3 is 2.85 bits per heavy atom. The molecule has 2 rings (SSSR count). The molecule has 1 fully saturated rings. The number of anilines is 1. The van der Waals surface area contributed by atoms with E-state index in [1.807, 2.05) is 6.92 Å². The topological polar surface area (TPSA) is 72.6 Å². The van der Waals surface area contributed by atoms with Crippen LogP contribution in [0.3, 0.4) is 0 Å². The molecule has 0 radical (unpaired) electrons. The number of hydrogen-bond acceptors (Lipinski definition) is 4. The van der Waals surface area contributed by atoms with E-state index in [0.29, 0.717) is 36.5 Å². The van der Waals surface area contributed by atoms with E-state index in [0.717, 1.165) is 6.42 Å². The zero-order chi connectivity index (χ0) is 14.8. The quantitative estimate of drug-likeness (QED) is 0.813. The predicted octanol–water partition coefficient (Wildman–Crippen LogP) is 2.08. The standard InChI is InChI=1S/C13H19BrN2O3S/c1-2-16(8-10-5-6-19-9-10)20(17,18)13-7-11(15)3-4-12(13)14/h3-4,7,10H,2,5-6,8-9,15H2,1H3. The molecule has 0 saturated carbocycles. The van der Waals surface area contributed by atoms with E-state index in [2.05, 4.69) is 15.9 Å². The first-order valence-electron chi connectivity index (χ1n) is 6.58. The highest BCUT2D eigenvalue weighted by molar-refractivity contribution is 9.10. The monoisotopic (exact) mass is 362 g/mol. The second kappa shape index (κ2) is 6.43. The van der Waals surface area contributed by atoms with Crippen LogP contribution >= 0.6 is 15.9 Å². The third-order valence-corrected chi connectivity index (χ3v) is 6.35. The van der Waals surface area contributed by atoms with E-state index < -0.39 is 10.0 Å². The van der Waals surface area contributed by atoms with Gasteiger partial charge < -0.3 is 10.5 Å². The van der Waals surface area contributed by atoms with Crippen LogP contribution in [0, 0.1) is 5.92 Å². The third-order valence-electron chi connectivity index (χ3n) is 3.41. The smallest absolute Gasteiger partial charge is 0.244 e. The normalized spacial score (nSPS) is 19.6. The lowest BCUT2D eigenvalue weighted by Crippen LogP contribution is -2.35. The summed E-state index contributed by atoms with van der Waals surface area (Å²) in [6.07, 6.45) is 0.907. The van der Waals surface area contributed by atoms with Crippen LogP contribution in [-0.2, 0) is 14.8 Å². The van der Waals surface area contributed by atoms with Crippen molar-refractivity contribution in [3.05, 3.63) is 22.7 Å². The lowest BCUT2D eigenvalue weighted by molar-refractivity contribution is 0.181. The van der Waals surface area contributed by atoms with E-state index in [1.165, 1.54) is 10.4 Å². The molecule has 112 valence electrons. The maximum Gasteiger partial charge on any atom is 0.244 e. The number of nitrogen functional groups attached to an aromatic ring is 1. The number of nitrogens with two attached hydrogens (primary N) is 1. The number of hydrogen-bond donors (Lipinski definition) is 1. The Hall–Kier alpha value is -0.630. The fraction of sp³-hybridized carbons (Fsp3) is 0.538. The molecule has 0 aliphatic carbocycles. The third kappa shape index (κ3) is 3.33. The van der Waals surface area contributed by atoms with Crippen molar-refractivity contribution in [1.82, 2.24) is 4.31 Å². The number of benzene rings is 1. The van der Waals surface area contributed by atoms with Crippen LogP contribution in [0.2, 0.25) is 0 Å². The number of halogens is 1. The van der Waals surface area contributed by atoms with Crippen molar-refractivity contribution in [2.75, 3.05) is 32.0 Å². The van der Waals surface area contributed by atoms with Crippen molar-refractivity contribution in [2.24, 2.45) is 5.92 Å². The van der Waals surface area contributed by atoms with Crippen molar-refractivity contribution < 1.29 is 13.2 Å². The molecule has 1 unspecified atom stereocenters. The molecule has 0 amide bonds. The summed E-state index contributed by atoms with van der Waals surface area (Å²) in [5.41, 5.74) is 6.14. The van der Waals surface area contributed by atoms with E-state index in [-0.39, 0.29) is 10.8 Å². The Bertz CT molecular complexity index is 571. The highest BCUT2D eigenvalue weighted by Gasteiger charge is 2.29. The van der Waals surface area contributed by atoms with Crippen LogP contribution in [0.15, 0.2) is 27.6 Å². The van der Waals surface area contributed by atoms with Crippen molar-refractivity contribution in [1.29, 1.82) is 0 Å². The molecule has 1 aliphatic heterocycles. The first kappa shape index (κ1) is 15.8. The molecular formula is C13H19BrN2O3S. The van der Waals surface area contributed by atoms with Crippen LogP contribution in [0.5, 0.6) is 0 Å². The van der Waals surface area contributed by atoms with Crippen molar-refractivity contribution in [3.63, 3.8) is 0 Å². The Labute approximate surface area is 128 Å². The van der Waals surface area contributed by atoms with Crippen molar-refractivity contribution in [2.45, 2.75) is 18.2 Å². The van der Waals surface area contributed by atoms with Gasteiger partial charge in [0.05, 0.1) is 11.5 Å². The van der Waals surface area contributed by atoms with Crippen molar-refractivity contribution in [3.8, 4) is 0 Å². The minimum atomic E-state index is -3.54. The summed E-state index contributed by atoms with van der Waals surface area (Å²) >= 11 is 3.29. The van der Waals surface area contributed by atoms with Crippen LogP contribution in [0.1, 0.15) is 13.3 Å². The van der Waals surface area contributed by atoms with Gasteiger partial charge in [0, 0.05) is 29.9 Å². The average Bonchev–Trinajstić information content (AvgIpc) is 2.91. The van der Waals surface area contributed by atoms with Gasteiger partial charge in [-0.05, 0) is 46.5 Å². The van der Waals surface area contributed by atoms with Gasteiger partial charge in [0.2, 0.25) is 10.0 Å². The van der Waals surface area contributed by atoms with Crippen LogP contribution in [-0.4, -0.2) is 39.0 Å². The fourth-order valence-corrected chi connectivity index (χ4v) is 4.75. The number of nitrogens with zero attached hydrogens (tertiary/aromatic N) is 1. The second-order valence-electron chi connectivity index (χ2n) is 4.88. The van der Waals surface area contributed by atoms with Crippen molar-refractivity contribution >= 4 is 31.6 Å². The molecule has 1 atom stereocenters. The molecule has 1 aromatic rings. The zero-order valence-electron chi connectivity index (χ0n) is 11.4. The summed E-state index contributed by atoms with van der Waals surface area (Å²) in [7, 11) is -3.54. The molecule has 2 N–H and O–H groups in total. The molecule has 1 aromatic carbocycles. The summed E-state index contributed by atoms with van der Waals surface area (Å²) in [5, 5.41) is 0.